The zero-order valence-corrected chi connectivity index (χ0v) is 23.6. The van der Waals surface area contributed by atoms with Gasteiger partial charge >= 0.3 is 5.97 Å². The highest BCUT2D eigenvalue weighted by Gasteiger charge is 2.33. The van der Waals surface area contributed by atoms with Gasteiger partial charge in [0, 0.05) is 5.56 Å². The molecule has 0 N–H and O–H groups in total. The monoisotopic (exact) mass is 565 g/mol. The molecule has 1 atom stereocenters. The molecule has 1 aromatic heterocycles. The SMILES string of the molecule is CCOC(=O)C1=C(C)N=c2sc(=Cc3ccc(OCc4ccccc4C#N)c(OC)c3)c(=O)n2[C@H]1c1ccccc1. The number of carbonyl (C=O) groups is 1. The molecular weight excluding hydrogens is 538 g/mol. The number of aromatic nitrogens is 1. The minimum Gasteiger partial charge on any atom is -0.493 e. The highest BCUT2D eigenvalue weighted by molar-refractivity contribution is 7.07. The number of fused-ring (bicyclic) bond motifs is 1. The lowest BCUT2D eigenvalue weighted by Gasteiger charge is -2.24. The van der Waals surface area contributed by atoms with Gasteiger partial charge in [-0.1, -0.05) is 65.9 Å². The molecule has 41 heavy (non-hydrogen) atoms. The number of hydrogen-bond donors (Lipinski definition) is 0. The smallest absolute Gasteiger partial charge is 0.338 e. The predicted molar refractivity (Wildman–Crippen MR) is 155 cm³/mol. The van der Waals surface area contributed by atoms with Crippen molar-refractivity contribution < 1.29 is 19.0 Å². The summed E-state index contributed by atoms with van der Waals surface area (Å²) < 4.78 is 18.9. The van der Waals surface area contributed by atoms with Crippen molar-refractivity contribution in [2.75, 3.05) is 13.7 Å². The van der Waals surface area contributed by atoms with E-state index >= 15 is 0 Å². The van der Waals surface area contributed by atoms with E-state index in [1.165, 1.54) is 11.3 Å². The largest absolute Gasteiger partial charge is 0.493 e. The molecule has 8 nitrogen and oxygen atoms in total. The van der Waals surface area contributed by atoms with E-state index in [4.69, 9.17) is 14.2 Å². The summed E-state index contributed by atoms with van der Waals surface area (Å²) in [5, 5.41) is 9.34. The molecule has 0 fully saturated rings. The van der Waals surface area contributed by atoms with Gasteiger partial charge in [-0.25, -0.2) is 9.79 Å². The molecule has 1 aliphatic heterocycles. The van der Waals surface area contributed by atoms with Gasteiger partial charge in [-0.15, -0.1) is 0 Å². The minimum atomic E-state index is -0.657. The van der Waals surface area contributed by atoms with Crippen LogP contribution < -0.4 is 24.4 Å². The van der Waals surface area contributed by atoms with Crippen LogP contribution in [0.1, 0.15) is 42.1 Å². The van der Waals surface area contributed by atoms with Gasteiger partial charge < -0.3 is 14.2 Å². The Labute approximate surface area is 240 Å². The maximum atomic E-state index is 13.8. The van der Waals surface area contributed by atoms with Crippen LogP contribution in [0, 0.1) is 11.3 Å². The molecule has 206 valence electrons. The molecule has 0 spiro atoms. The highest BCUT2D eigenvalue weighted by atomic mass is 32.1. The van der Waals surface area contributed by atoms with Crippen molar-refractivity contribution in [2.24, 2.45) is 4.99 Å². The number of hydrogen-bond acceptors (Lipinski definition) is 8. The molecule has 4 aromatic rings. The van der Waals surface area contributed by atoms with Gasteiger partial charge in [-0.05, 0) is 49.2 Å². The molecule has 0 unspecified atom stereocenters. The third-order valence-electron chi connectivity index (χ3n) is 6.64. The molecule has 0 saturated heterocycles. The van der Waals surface area contributed by atoms with Crippen LogP contribution in [0.4, 0.5) is 0 Å². The standard InChI is InChI=1S/C32H27N3O5S/c1-4-39-31(37)28-20(2)34-32-35(29(28)22-10-6-5-7-11-22)30(36)27(41-32)17-21-14-15-25(26(16-21)38-3)40-19-24-13-9-8-12-23(24)18-33/h5-17,29H,4,19H2,1-3H3/t29-/m0/s1. The van der Waals surface area contributed by atoms with Crippen molar-refractivity contribution in [1.82, 2.24) is 4.57 Å². The van der Waals surface area contributed by atoms with Gasteiger partial charge in [0.15, 0.2) is 16.3 Å². The summed E-state index contributed by atoms with van der Waals surface area (Å²) >= 11 is 1.25. The van der Waals surface area contributed by atoms with Crippen LogP contribution in [0.2, 0.25) is 0 Å². The van der Waals surface area contributed by atoms with E-state index in [9.17, 15) is 14.9 Å². The average Bonchev–Trinajstić information content (AvgIpc) is 3.29. The van der Waals surface area contributed by atoms with Crippen LogP contribution in [0.5, 0.6) is 11.5 Å². The summed E-state index contributed by atoms with van der Waals surface area (Å²) in [4.78, 5) is 31.9. The Morgan fingerprint density at radius 2 is 1.85 bits per heavy atom. The van der Waals surface area contributed by atoms with Crippen molar-refractivity contribution in [3.05, 3.63) is 126 Å². The molecular formula is C32H27N3O5S. The number of rotatable bonds is 8. The zero-order chi connectivity index (χ0) is 28.9. The first-order chi connectivity index (χ1) is 19.9. The van der Waals surface area contributed by atoms with Crippen molar-refractivity contribution in [2.45, 2.75) is 26.5 Å². The lowest BCUT2D eigenvalue weighted by atomic mass is 9.96. The van der Waals surface area contributed by atoms with Gasteiger partial charge in [0.2, 0.25) is 0 Å². The molecule has 9 heteroatoms. The molecule has 0 radical (unpaired) electrons. The van der Waals surface area contributed by atoms with E-state index in [0.717, 1.165) is 16.7 Å². The highest BCUT2D eigenvalue weighted by Crippen LogP contribution is 2.31. The molecule has 0 saturated carbocycles. The fraction of sp³-hybridized carbons (Fsp3) is 0.188. The lowest BCUT2D eigenvalue weighted by molar-refractivity contribution is -0.139. The first-order valence-electron chi connectivity index (χ1n) is 13.0. The number of ether oxygens (including phenoxy) is 3. The molecule has 2 heterocycles. The number of benzene rings is 3. The number of thiazole rings is 1. The van der Waals surface area contributed by atoms with E-state index < -0.39 is 12.0 Å². The Hall–Kier alpha value is -4.94. The fourth-order valence-electron chi connectivity index (χ4n) is 4.70. The van der Waals surface area contributed by atoms with E-state index in [-0.39, 0.29) is 18.8 Å². The summed E-state index contributed by atoms with van der Waals surface area (Å²) in [6, 6.07) is 23.6. The maximum absolute atomic E-state index is 13.8. The molecule has 5 rings (SSSR count). The summed E-state index contributed by atoms with van der Waals surface area (Å²) in [6.45, 7) is 3.93. The Morgan fingerprint density at radius 1 is 1.10 bits per heavy atom. The van der Waals surface area contributed by atoms with Gasteiger partial charge in [0.05, 0.1) is 47.2 Å². The van der Waals surface area contributed by atoms with Gasteiger partial charge in [-0.2, -0.15) is 5.26 Å². The van der Waals surface area contributed by atoms with Crippen LogP contribution in [0.15, 0.2) is 93.9 Å². The lowest BCUT2D eigenvalue weighted by Crippen LogP contribution is -2.39. The van der Waals surface area contributed by atoms with Crippen molar-refractivity contribution >= 4 is 23.4 Å². The van der Waals surface area contributed by atoms with Crippen LogP contribution in [-0.4, -0.2) is 24.3 Å². The third-order valence-corrected chi connectivity index (χ3v) is 7.62. The summed E-state index contributed by atoms with van der Waals surface area (Å²) in [5.41, 5.74) is 3.45. The number of nitrogens with zero attached hydrogens (tertiary/aromatic N) is 3. The summed E-state index contributed by atoms with van der Waals surface area (Å²) in [6.07, 6.45) is 1.77. The number of allylic oxidation sites excluding steroid dienone is 1. The van der Waals surface area contributed by atoms with Gasteiger partial charge in [0.25, 0.3) is 5.56 Å². The topological polar surface area (TPSA) is 103 Å². The zero-order valence-electron chi connectivity index (χ0n) is 22.8. The van der Waals surface area contributed by atoms with Crippen LogP contribution >= 0.6 is 11.3 Å². The Kier molecular flexibility index (Phi) is 8.13. The maximum Gasteiger partial charge on any atom is 0.338 e. The van der Waals surface area contributed by atoms with Crippen LogP contribution in [0.3, 0.4) is 0 Å². The Balaban J connectivity index is 1.53. The molecule has 0 aliphatic carbocycles. The first-order valence-corrected chi connectivity index (χ1v) is 13.8. The second kappa shape index (κ2) is 12.1. The quantitative estimate of drug-likeness (QED) is 0.296. The number of carbonyl (C=O) groups excluding carboxylic acids is 1. The van der Waals surface area contributed by atoms with Gasteiger partial charge in [-0.3, -0.25) is 9.36 Å². The van der Waals surface area contributed by atoms with E-state index in [2.05, 4.69) is 11.1 Å². The van der Waals surface area contributed by atoms with E-state index in [1.54, 1.807) is 49.8 Å². The second-order valence-electron chi connectivity index (χ2n) is 9.18. The summed E-state index contributed by atoms with van der Waals surface area (Å²) in [7, 11) is 1.54. The predicted octanol–water partition coefficient (Wildman–Crippen LogP) is 4.26. The third kappa shape index (κ3) is 5.55. The molecule has 3 aromatic carbocycles. The fourth-order valence-corrected chi connectivity index (χ4v) is 5.74. The summed E-state index contributed by atoms with van der Waals surface area (Å²) in [5.74, 6) is 0.510. The van der Waals surface area contributed by atoms with E-state index in [1.807, 2.05) is 54.6 Å². The number of esters is 1. The molecule has 1 aliphatic rings. The minimum absolute atomic E-state index is 0.208. The Morgan fingerprint density at radius 3 is 2.59 bits per heavy atom. The average molecular weight is 566 g/mol. The first kappa shape index (κ1) is 27.6. The van der Waals surface area contributed by atoms with Crippen LogP contribution in [-0.2, 0) is 16.1 Å². The van der Waals surface area contributed by atoms with Crippen molar-refractivity contribution in [1.29, 1.82) is 5.26 Å². The number of methoxy groups -OCH3 is 1. The Bertz CT molecular complexity index is 1870. The second-order valence-corrected chi connectivity index (χ2v) is 10.2. The van der Waals surface area contributed by atoms with Crippen LogP contribution in [0.25, 0.3) is 6.08 Å². The van der Waals surface area contributed by atoms with Crippen molar-refractivity contribution in [3.63, 3.8) is 0 Å². The molecule has 0 amide bonds. The van der Waals surface area contributed by atoms with Gasteiger partial charge in [0.1, 0.15) is 6.61 Å². The molecule has 0 bridgehead atoms. The number of nitriles is 1. The van der Waals surface area contributed by atoms with E-state index in [0.29, 0.717) is 37.7 Å². The normalized spacial score (nSPS) is 14.6. The van der Waals surface area contributed by atoms with Crippen molar-refractivity contribution in [3.8, 4) is 17.6 Å².